The molecule has 88 valence electrons. The molecule has 1 aromatic carbocycles. The van der Waals surface area contributed by atoms with Crippen LogP contribution in [0.4, 0.5) is 4.39 Å². The highest BCUT2D eigenvalue weighted by atomic mass is 32.1. The van der Waals surface area contributed by atoms with Crippen LogP contribution in [0.25, 0.3) is 10.6 Å². The molecule has 1 aliphatic heterocycles. The van der Waals surface area contributed by atoms with Crippen molar-refractivity contribution >= 4 is 11.3 Å². The summed E-state index contributed by atoms with van der Waals surface area (Å²) in [5.74, 6) is -0.195. The van der Waals surface area contributed by atoms with Crippen molar-refractivity contribution < 1.29 is 4.39 Å². The summed E-state index contributed by atoms with van der Waals surface area (Å²) < 4.78 is 13.7. The van der Waals surface area contributed by atoms with Gasteiger partial charge >= 0.3 is 0 Å². The minimum atomic E-state index is -0.195. The zero-order valence-corrected chi connectivity index (χ0v) is 10.4. The minimum absolute atomic E-state index is 0.195. The molecule has 0 fully saturated rings. The monoisotopic (exact) mass is 248 g/mol. The van der Waals surface area contributed by atoms with Crippen LogP contribution in [0.2, 0.25) is 0 Å². The molecule has 1 unspecified atom stereocenters. The Morgan fingerprint density at radius 1 is 1.41 bits per heavy atom. The van der Waals surface area contributed by atoms with E-state index >= 15 is 0 Å². The van der Waals surface area contributed by atoms with E-state index in [1.807, 2.05) is 6.07 Å². The molecule has 0 saturated carbocycles. The number of aromatic nitrogens is 1. The van der Waals surface area contributed by atoms with E-state index in [0.29, 0.717) is 11.6 Å². The van der Waals surface area contributed by atoms with E-state index in [-0.39, 0.29) is 5.82 Å². The van der Waals surface area contributed by atoms with Crippen molar-refractivity contribution in [1.29, 1.82) is 0 Å². The Morgan fingerprint density at radius 3 is 3.00 bits per heavy atom. The maximum atomic E-state index is 13.7. The number of hydrogen-bond acceptors (Lipinski definition) is 3. The third-order valence-electron chi connectivity index (χ3n) is 3.04. The number of nitrogens with zero attached hydrogens (tertiary/aromatic N) is 1. The average molecular weight is 248 g/mol. The fourth-order valence-electron chi connectivity index (χ4n) is 2.13. The summed E-state index contributed by atoms with van der Waals surface area (Å²) in [6, 6.07) is 7.16. The van der Waals surface area contributed by atoms with E-state index in [4.69, 9.17) is 0 Å². The smallest absolute Gasteiger partial charge is 0.133 e. The van der Waals surface area contributed by atoms with Crippen LogP contribution < -0.4 is 5.32 Å². The maximum Gasteiger partial charge on any atom is 0.133 e. The molecule has 4 heteroatoms. The van der Waals surface area contributed by atoms with Gasteiger partial charge in [0.2, 0.25) is 0 Å². The molecule has 2 nitrogen and oxygen atoms in total. The van der Waals surface area contributed by atoms with Gasteiger partial charge in [-0.2, -0.15) is 0 Å². The lowest BCUT2D eigenvalue weighted by Crippen LogP contribution is -2.26. The molecule has 1 atom stereocenters. The molecule has 1 aromatic heterocycles. The van der Waals surface area contributed by atoms with Gasteiger partial charge in [-0.3, -0.25) is 0 Å². The number of hydrogen-bond donors (Lipinski definition) is 1. The number of benzene rings is 1. The van der Waals surface area contributed by atoms with Gasteiger partial charge in [0.05, 0.1) is 5.69 Å². The number of halogens is 1. The summed E-state index contributed by atoms with van der Waals surface area (Å²) in [4.78, 5) is 5.82. The SMILES string of the molecule is CC1NCCc2nc(-c3ccccc3F)sc21. The third-order valence-corrected chi connectivity index (χ3v) is 4.35. The van der Waals surface area contributed by atoms with Gasteiger partial charge in [0.1, 0.15) is 10.8 Å². The van der Waals surface area contributed by atoms with E-state index in [1.165, 1.54) is 10.9 Å². The van der Waals surface area contributed by atoms with E-state index < -0.39 is 0 Å². The molecule has 2 heterocycles. The summed E-state index contributed by atoms with van der Waals surface area (Å²) in [5.41, 5.74) is 1.73. The number of rotatable bonds is 1. The molecular weight excluding hydrogens is 235 g/mol. The molecule has 0 radical (unpaired) electrons. The quantitative estimate of drug-likeness (QED) is 0.838. The van der Waals surface area contributed by atoms with Crippen molar-refractivity contribution in [2.24, 2.45) is 0 Å². The van der Waals surface area contributed by atoms with Crippen molar-refractivity contribution in [2.45, 2.75) is 19.4 Å². The zero-order valence-electron chi connectivity index (χ0n) is 9.53. The molecule has 3 rings (SSSR count). The van der Waals surface area contributed by atoms with Crippen molar-refractivity contribution in [2.75, 3.05) is 6.54 Å². The van der Waals surface area contributed by atoms with Gasteiger partial charge in [-0.05, 0) is 19.1 Å². The van der Waals surface area contributed by atoms with Gasteiger partial charge in [0.25, 0.3) is 0 Å². The topological polar surface area (TPSA) is 24.9 Å². The van der Waals surface area contributed by atoms with Gasteiger partial charge in [-0.1, -0.05) is 12.1 Å². The molecule has 1 aliphatic rings. The van der Waals surface area contributed by atoms with Crippen LogP contribution in [0.15, 0.2) is 24.3 Å². The first-order valence-electron chi connectivity index (χ1n) is 5.73. The first-order chi connectivity index (χ1) is 8.25. The lowest BCUT2D eigenvalue weighted by Gasteiger charge is -2.18. The van der Waals surface area contributed by atoms with E-state index in [9.17, 15) is 4.39 Å². The van der Waals surface area contributed by atoms with Crippen LogP contribution in [0.1, 0.15) is 23.5 Å². The average Bonchev–Trinajstić information content (AvgIpc) is 2.75. The van der Waals surface area contributed by atoms with Crippen LogP contribution in [-0.4, -0.2) is 11.5 Å². The minimum Gasteiger partial charge on any atom is -0.309 e. The Kier molecular flexibility index (Phi) is 2.68. The standard InChI is InChI=1S/C13H13FN2S/c1-8-12-11(6-7-15-8)16-13(17-12)9-4-2-3-5-10(9)14/h2-5,8,15H,6-7H2,1H3. The fraction of sp³-hybridized carbons (Fsp3) is 0.308. The predicted octanol–water partition coefficient (Wildman–Crippen LogP) is 3.16. The number of thiazole rings is 1. The van der Waals surface area contributed by atoms with Gasteiger partial charge in [-0.15, -0.1) is 11.3 Å². The Labute approximate surface area is 104 Å². The summed E-state index contributed by atoms with van der Waals surface area (Å²) in [5, 5.41) is 4.19. The summed E-state index contributed by atoms with van der Waals surface area (Å²) in [6.45, 7) is 3.08. The Balaban J connectivity index is 2.08. The van der Waals surface area contributed by atoms with Crippen LogP contribution in [0.5, 0.6) is 0 Å². The highest BCUT2D eigenvalue weighted by Crippen LogP contribution is 2.34. The lowest BCUT2D eigenvalue weighted by atomic mass is 10.1. The number of nitrogens with one attached hydrogen (secondary N) is 1. The largest absolute Gasteiger partial charge is 0.309 e. The van der Waals surface area contributed by atoms with E-state index in [0.717, 1.165) is 23.7 Å². The second-order valence-corrected chi connectivity index (χ2v) is 5.27. The molecule has 2 aromatic rings. The first-order valence-corrected chi connectivity index (χ1v) is 6.55. The van der Waals surface area contributed by atoms with E-state index in [2.05, 4.69) is 17.2 Å². The molecule has 17 heavy (non-hydrogen) atoms. The summed E-state index contributed by atoms with van der Waals surface area (Å²) in [7, 11) is 0. The fourth-order valence-corrected chi connectivity index (χ4v) is 3.30. The Morgan fingerprint density at radius 2 is 2.24 bits per heavy atom. The maximum absolute atomic E-state index is 13.7. The van der Waals surface area contributed by atoms with Crippen LogP contribution >= 0.6 is 11.3 Å². The normalized spacial score (nSPS) is 19.1. The first kappa shape index (κ1) is 10.9. The molecule has 0 amide bonds. The van der Waals surface area contributed by atoms with Crippen molar-refractivity contribution in [1.82, 2.24) is 10.3 Å². The molecule has 1 N–H and O–H groups in total. The van der Waals surface area contributed by atoms with Gasteiger partial charge in [-0.25, -0.2) is 9.37 Å². The third kappa shape index (κ3) is 1.87. The van der Waals surface area contributed by atoms with E-state index in [1.54, 1.807) is 23.5 Å². The van der Waals surface area contributed by atoms with Crippen LogP contribution in [0, 0.1) is 5.82 Å². The van der Waals surface area contributed by atoms with Crippen molar-refractivity contribution in [3.05, 3.63) is 40.7 Å². The highest BCUT2D eigenvalue weighted by Gasteiger charge is 2.21. The van der Waals surface area contributed by atoms with Gasteiger partial charge in [0.15, 0.2) is 0 Å². The molecule has 0 aliphatic carbocycles. The Bertz CT molecular complexity index is 550. The van der Waals surface area contributed by atoms with Gasteiger partial charge < -0.3 is 5.32 Å². The molecule has 0 spiro atoms. The Hall–Kier alpha value is -1.26. The molecule has 0 bridgehead atoms. The van der Waals surface area contributed by atoms with Crippen LogP contribution in [-0.2, 0) is 6.42 Å². The summed E-state index contributed by atoms with van der Waals surface area (Å²) in [6.07, 6.45) is 0.935. The van der Waals surface area contributed by atoms with Crippen LogP contribution in [0.3, 0.4) is 0 Å². The molecule has 0 saturated heterocycles. The lowest BCUT2D eigenvalue weighted by molar-refractivity contribution is 0.545. The van der Waals surface area contributed by atoms with Gasteiger partial charge in [0, 0.05) is 29.4 Å². The molecular formula is C13H13FN2S. The van der Waals surface area contributed by atoms with Crippen molar-refractivity contribution in [3.8, 4) is 10.6 Å². The highest BCUT2D eigenvalue weighted by molar-refractivity contribution is 7.15. The number of fused-ring (bicyclic) bond motifs is 1. The summed E-state index contributed by atoms with van der Waals surface area (Å²) >= 11 is 1.60. The predicted molar refractivity (Wildman–Crippen MR) is 67.6 cm³/mol. The zero-order chi connectivity index (χ0) is 11.8. The second kappa shape index (κ2) is 4.20. The second-order valence-electron chi connectivity index (χ2n) is 4.24. The van der Waals surface area contributed by atoms with Crippen molar-refractivity contribution in [3.63, 3.8) is 0 Å².